The summed E-state index contributed by atoms with van der Waals surface area (Å²) in [6, 6.07) is 8.63. The smallest absolute Gasteiger partial charge is 0.192 e. The van der Waals surface area contributed by atoms with Gasteiger partial charge in [-0.2, -0.15) is 0 Å². The van der Waals surface area contributed by atoms with E-state index in [0.29, 0.717) is 6.54 Å². The zero-order valence-corrected chi connectivity index (χ0v) is 11.3. The van der Waals surface area contributed by atoms with Gasteiger partial charge in [0.25, 0.3) is 0 Å². The van der Waals surface area contributed by atoms with Gasteiger partial charge in [0.1, 0.15) is 5.82 Å². The third-order valence-corrected chi connectivity index (χ3v) is 3.53. The minimum Gasteiger partial charge on any atom is -0.370 e. The molecule has 2 aromatic carbocycles. The number of benzene rings is 2. The maximum Gasteiger partial charge on any atom is 0.192 e. The van der Waals surface area contributed by atoms with Gasteiger partial charge < -0.3 is 10.6 Å². The number of anilines is 1. The lowest BCUT2D eigenvalue weighted by Gasteiger charge is -2.16. The summed E-state index contributed by atoms with van der Waals surface area (Å²) in [4.78, 5) is 1.79. The van der Waals surface area contributed by atoms with Crippen molar-refractivity contribution >= 4 is 34.8 Å². The van der Waals surface area contributed by atoms with E-state index < -0.39 is 0 Å². The second-order valence-electron chi connectivity index (χ2n) is 4.76. The molecule has 100 valence electrons. The van der Waals surface area contributed by atoms with Crippen molar-refractivity contribution in [2.45, 2.75) is 12.8 Å². The van der Waals surface area contributed by atoms with Gasteiger partial charge in [0.15, 0.2) is 5.96 Å². The van der Waals surface area contributed by atoms with Crippen molar-refractivity contribution in [1.29, 1.82) is 5.41 Å². The molecule has 3 rings (SSSR count). The van der Waals surface area contributed by atoms with Crippen LogP contribution >= 0.6 is 12.4 Å². The third-order valence-electron chi connectivity index (χ3n) is 3.53. The van der Waals surface area contributed by atoms with Crippen molar-refractivity contribution < 1.29 is 4.39 Å². The lowest BCUT2D eigenvalue weighted by molar-refractivity contribution is 0.629. The van der Waals surface area contributed by atoms with E-state index in [0.717, 1.165) is 22.0 Å². The molecule has 3 nitrogen and oxygen atoms in total. The molecule has 0 spiro atoms. The van der Waals surface area contributed by atoms with Crippen LogP contribution in [-0.2, 0) is 0 Å². The summed E-state index contributed by atoms with van der Waals surface area (Å²) in [6.07, 6.45) is 0. The Labute approximate surface area is 117 Å². The third kappa shape index (κ3) is 2.02. The number of nitrogens with one attached hydrogen (secondary N) is 1. The molecule has 5 heteroatoms. The van der Waals surface area contributed by atoms with E-state index in [1.54, 1.807) is 11.0 Å². The van der Waals surface area contributed by atoms with Crippen molar-refractivity contribution in [3.8, 4) is 0 Å². The highest BCUT2D eigenvalue weighted by Crippen LogP contribution is 2.40. The predicted molar refractivity (Wildman–Crippen MR) is 78.8 cm³/mol. The highest BCUT2D eigenvalue weighted by atomic mass is 35.5. The first kappa shape index (κ1) is 13.6. The summed E-state index contributed by atoms with van der Waals surface area (Å²) in [7, 11) is 0. The van der Waals surface area contributed by atoms with Gasteiger partial charge in [0, 0.05) is 18.2 Å². The second-order valence-corrected chi connectivity index (χ2v) is 4.76. The molecule has 0 saturated carbocycles. The first-order valence-corrected chi connectivity index (χ1v) is 5.91. The van der Waals surface area contributed by atoms with Gasteiger partial charge >= 0.3 is 0 Å². The Hall–Kier alpha value is -1.81. The number of nitrogens with two attached hydrogens (primary N) is 1. The highest BCUT2D eigenvalue weighted by Gasteiger charge is 2.28. The minimum absolute atomic E-state index is 0. The number of hydrogen-bond donors (Lipinski definition) is 2. The zero-order chi connectivity index (χ0) is 12.9. The van der Waals surface area contributed by atoms with Gasteiger partial charge in [-0.3, -0.25) is 5.41 Å². The molecule has 1 heterocycles. The molecular formula is C14H15ClFN3. The Bertz CT molecular complexity index is 656. The summed E-state index contributed by atoms with van der Waals surface area (Å²) >= 11 is 0. The van der Waals surface area contributed by atoms with Crippen LogP contribution in [0, 0.1) is 11.2 Å². The largest absolute Gasteiger partial charge is 0.370 e. The number of nitrogens with zero attached hydrogens (tertiary/aromatic N) is 1. The van der Waals surface area contributed by atoms with Crippen LogP contribution in [0.15, 0.2) is 30.3 Å². The maximum atomic E-state index is 13.2. The maximum absolute atomic E-state index is 13.2. The zero-order valence-electron chi connectivity index (χ0n) is 10.5. The van der Waals surface area contributed by atoms with Gasteiger partial charge in [-0.15, -0.1) is 12.4 Å². The van der Waals surface area contributed by atoms with Crippen LogP contribution in [0.1, 0.15) is 18.4 Å². The summed E-state index contributed by atoms with van der Waals surface area (Å²) in [6.45, 7) is 2.81. The van der Waals surface area contributed by atoms with Gasteiger partial charge in [-0.05, 0) is 34.5 Å². The molecule has 0 fully saturated rings. The molecule has 1 atom stereocenters. The first-order valence-electron chi connectivity index (χ1n) is 5.91. The Morgan fingerprint density at radius 3 is 2.79 bits per heavy atom. The Balaban J connectivity index is 0.00000133. The fourth-order valence-corrected chi connectivity index (χ4v) is 2.76. The fraction of sp³-hybridized carbons (Fsp3) is 0.214. The molecule has 0 aromatic heterocycles. The van der Waals surface area contributed by atoms with Gasteiger partial charge in [0.05, 0.1) is 0 Å². The van der Waals surface area contributed by atoms with E-state index in [2.05, 4.69) is 6.92 Å². The van der Waals surface area contributed by atoms with Gasteiger partial charge in [-0.1, -0.05) is 19.1 Å². The SMILES string of the molecule is CC1CN(C(=N)N)c2ccc3cc(F)ccc3c21.Cl. The standard InChI is InChI=1S/C14H14FN3.ClH/c1-8-7-18(14(16)17)12-5-2-9-6-10(15)3-4-11(9)13(8)12;/h2-6,8H,7H2,1H3,(H3,16,17);1H. The molecule has 2 aromatic rings. The quantitative estimate of drug-likeness (QED) is 0.575. The number of guanidine groups is 1. The van der Waals surface area contributed by atoms with Crippen LogP contribution in [0.2, 0.25) is 0 Å². The molecular weight excluding hydrogens is 265 g/mol. The first-order chi connectivity index (χ1) is 8.58. The average molecular weight is 280 g/mol. The van der Waals surface area contributed by atoms with E-state index in [-0.39, 0.29) is 30.1 Å². The lowest BCUT2D eigenvalue weighted by Crippen LogP contribution is -2.35. The molecule has 0 amide bonds. The van der Waals surface area contributed by atoms with Crippen LogP contribution in [0.3, 0.4) is 0 Å². The fourth-order valence-electron chi connectivity index (χ4n) is 2.76. The molecule has 1 aliphatic rings. The number of rotatable bonds is 0. The number of fused-ring (bicyclic) bond motifs is 3. The summed E-state index contributed by atoms with van der Waals surface area (Å²) in [5.74, 6) is 0.122. The average Bonchev–Trinajstić information content (AvgIpc) is 2.67. The van der Waals surface area contributed by atoms with Crippen molar-refractivity contribution in [1.82, 2.24) is 0 Å². The molecule has 0 aliphatic carbocycles. The monoisotopic (exact) mass is 279 g/mol. The van der Waals surface area contributed by atoms with E-state index in [9.17, 15) is 4.39 Å². The van der Waals surface area contributed by atoms with Crippen LogP contribution in [-0.4, -0.2) is 12.5 Å². The van der Waals surface area contributed by atoms with Crippen LogP contribution in [0.4, 0.5) is 10.1 Å². The highest BCUT2D eigenvalue weighted by molar-refractivity contribution is 6.00. The molecule has 1 aliphatic heterocycles. The molecule has 0 saturated heterocycles. The molecule has 0 bridgehead atoms. The summed E-state index contributed by atoms with van der Waals surface area (Å²) in [5, 5.41) is 9.54. The molecule has 1 unspecified atom stereocenters. The molecule has 19 heavy (non-hydrogen) atoms. The van der Waals surface area contributed by atoms with Crippen molar-refractivity contribution in [2.24, 2.45) is 5.73 Å². The Kier molecular flexibility index (Phi) is 3.37. The second kappa shape index (κ2) is 4.70. The predicted octanol–water partition coefficient (Wildman–Crippen LogP) is 3.22. The molecule has 0 radical (unpaired) electrons. The summed E-state index contributed by atoms with van der Waals surface area (Å²) in [5.41, 5.74) is 7.71. The topological polar surface area (TPSA) is 53.1 Å². The van der Waals surface area contributed by atoms with E-state index >= 15 is 0 Å². The number of halogens is 2. The van der Waals surface area contributed by atoms with E-state index in [4.69, 9.17) is 11.1 Å². The van der Waals surface area contributed by atoms with Crippen LogP contribution < -0.4 is 10.6 Å². The van der Waals surface area contributed by atoms with Crippen molar-refractivity contribution in [2.75, 3.05) is 11.4 Å². The van der Waals surface area contributed by atoms with Crippen LogP contribution in [0.25, 0.3) is 10.8 Å². The van der Waals surface area contributed by atoms with Gasteiger partial charge in [-0.25, -0.2) is 4.39 Å². The van der Waals surface area contributed by atoms with Crippen molar-refractivity contribution in [3.63, 3.8) is 0 Å². The van der Waals surface area contributed by atoms with E-state index in [1.165, 1.54) is 6.07 Å². The normalized spacial score (nSPS) is 17.2. The Morgan fingerprint density at radius 1 is 1.37 bits per heavy atom. The summed E-state index contributed by atoms with van der Waals surface area (Å²) < 4.78 is 13.2. The van der Waals surface area contributed by atoms with Crippen LogP contribution in [0.5, 0.6) is 0 Å². The van der Waals surface area contributed by atoms with E-state index in [1.807, 2.05) is 18.2 Å². The minimum atomic E-state index is -0.225. The number of hydrogen-bond acceptors (Lipinski definition) is 1. The Morgan fingerprint density at radius 2 is 2.11 bits per heavy atom. The lowest BCUT2D eigenvalue weighted by atomic mass is 9.96. The van der Waals surface area contributed by atoms with Gasteiger partial charge in [0.2, 0.25) is 0 Å². The molecule has 3 N–H and O–H groups in total. The van der Waals surface area contributed by atoms with Crippen molar-refractivity contribution in [3.05, 3.63) is 41.7 Å².